The fourth-order valence-electron chi connectivity index (χ4n) is 3.68. The third kappa shape index (κ3) is 5.06. The summed E-state index contributed by atoms with van der Waals surface area (Å²) in [6.45, 7) is 2.38. The van der Waals surface area contributed by atoms with Crippen LogP contribution in [0.15, 0.2) is 30.3 Å². The van der Waals surface area contributed by atoms with E-state index in [1.807, 2.05) is 6.92 Å². The van der Waals surface area contributed by atoms with Crippen LogP contribution in [0.5, 0.6) is 0 Å². The molecular weight excluding hydrogens is 423 g/mol. The zero-order valence-electron chi connectivity index (χ0n) is 17.1. The number of hydrogen-bond donors (Lipinski definition) is 0. The molecule has 0 saturated carbocycles. The Kier molecular flexibility index (Phi) is 6.68. The van der Waals surface area contributed by atoms with Crippen molar-refractivity contribution in [3.05, 3.63) is 52.8 Å². The fraction of sp³-hybridized carbons (Fsp3) is 0.524. The number of halogens is 5. The van der Waals surface area contributed by atoms with Crippen LogP contribution in [0.2, 0.25) is 0 Å². The highest BCUT2D eigenvalue weighted by Crippen LogP contribution is 2.48. The Bertz CT molecular complexity index is 912. The lowest BCUT2D eigenvalue weighted by atomic mass is 9.89. The van der Waals surface area contributed by atoms with Gasteiger partial charge in [-0.25, -0.2) is 13.6 Å². The van der Waals surface area contributed by atoms with E-state index in [-0.39, 0.29) is 30.1 Å². The quantitative estimate of drug-likeness (QED) is 0.441. The molecule has 0 spiro atoms. The predicted molar refractivity (Wildman–Crippen MR) is 101 cm³/mol. The molecule has 1 aromatic heterocycles. The van der Waals surface area contributed by atoms with Crippen molar-refractivity contribution < 1.29 is 36.2 Å². The van der Waals surface area contributed by atoms with Gasteiger partial charge in [0.15, 0.2) is 11.8 Å². The van der Waals surface area contributed by atoms with Crippen molar-refractivity contribution >= 4 is 5.97 Å². The summed E-state index contributed by atoms with van der Waals surface area (Å²) in [6.07, 6.45) is -7.94. The van der Waals surface area contributed by atoms with Gasteiger partial charge in [-0.3, -0.25) is 4.68 Å². The topological polar surface area (TPSA) is 53.4 Å². The number of aromatic nitrogens is 2. The highest BCUT2D eigenvalue weighted by Gasteiger charge is 2.54. The average molecular weight is 446 g/mol. The van der Waals surface area contributed by atoms with Gasteiger partial charge >= 0.3 is 12.1 Å². The van der Waals surface area contributed by atoms with E-state index in [4.69, 9.17) is 9.47 Å². The maximum atomic E-state index is 14.7. The summed E-state index contributed by atoms with van der Waals surface area (Å²) >= 11 is 0. The maximum Gasteiger partial charge on any atom is 0.435 e. The van der Waals surface area contributed by atoms with Gasteiger partial charge in [0.25, 0.3) is 5.92 Å². The molecule has 1 heterocycles. The van der Waals surface area contributed by atoms with Crippen LogP contribution in [0, 0.1) is 5.92 Å². The van der Waals surface area contributed by atoms with Gasteiger partial charge < -0.3 is 9.47 Å². The van der Waals surface area contributed by atoms with Crippen LogP contribution in [0.25, 0.3) is 0 Å². The number of aryl methyl sites for hydroxylation is 1. The van der Waals surface area contributed by atoms with Gasteiger partial charge in [0.1, 0.15) is 0 Å². The number of carbonyl (C=O) groups is 1. The minimum absolute atomic E-state index is 0.0220. The van der Waals surface area contributed by atoms with Gasteiger partial charge in [0.05, 0.1) is 11.1 Å². The molecule has 0 fully saturated rings. The van der Waals surface area contributed by atoms with E-state index in [1.165, 1.54) is 31.4 Å². The van der Waals surface area contributed by atoms with Crippen LogP contribution < -0.4 is 0 Å². The minimum atomic E-state index is -4.97. The predicted octanol–water partition coefficient (Wildman–Crippen LogP) is 5.05. The van der Waals surface area contributed by atoms with Gasteiger partial charge in [0.2, 0.25) is 0 Å². The van der Waals surface area contributed by atoms with Crippen LogP contribution in [0.3, 0.4) is 0 Å². The van der Waals surface area contributed by atoms with Crippen molar-refractivity contribution in [2.75, 3.05) is 13.7 Å². The van der Waals surface area contributed by atoms with E-state index in [2.05, 4.69) is 5.10 Å². The molecule has 0 N–H and O–H groups in total. The maximum absolute atomic E-state index is 14.7. The largest absolute Gasteiger partial charge is 0.447 e. The summed E-state index contributed by atoms with van der Waals surface area (Å²) in [7, 11) is 1.52. The molecular formula is C21H23F5N2O3. The van der Waals surface area contributed by atoms with E-state index in [0.29, 0.717) is 13.0 Å². The van der Waals surface area contributed by atoms with E-state index < -0.39 is 41.9 Å². The van der Waals surface area contributed by atoms with E-state index in [1.54, 1.807) is 6.07 Å². The summed E-state index contributed by atoms with van der Waals surface area (Å²) in [4.78, 5) is 12.4. The zero-order valence-corrected chi connectivity index (χ0v) is 17.1. The van der Waals surface area contributed by atoms with Gasteiger partial charge in [0, 0.05) is 32.4 Å². The number of methoxy groups -OCH3 is 1. The lowest BCUT2D eigenvalue weighted by molar-refractivity contribution is -0.151. The Hall–Kier alpha value is -2.49. The standard InChI is InChI=1S/C21H23F5N2O3/c1-13(12-30-2)9-11-28-15-8-10-20(22,23)18(16(15)17(27-28)21(24,25)26)31-19(29)14-6-4-3-5-7-14/h3-7,13,18H,8-12H2,1-2H3/t13?,18-/m0/s1. The Labute approximate surface area is 176 Å². The number of hydrogen-bond acceptors (Lipinski definition) is 4. The molecule has 0 aliphatic heterocycles. The lowest BCUT2D eigenvalue weighted by Crippen LogP contribution is -2.36. The number of esters is 1. The molecule has 0 bridgehead atoms. The van der Waals surface area contributed by atoms with Gasteiger partial charge in [-0.15, -0.1) is 0 Å². The van der Waals surface area contributed by atoms with Gasteiger partial charge in [-0.1, -0.05) is 25.1 Å². The van der Waals surface area contributed by atoms with Crippen LogP contribution in [0.4, 0.5) is 22.0 Å². The molecule has 5 nitrogen and oxygen atoms in total. The molecule has 10 heteroatoms. The van der Waals surface area contributed by atoms with Crippen molar-refractivity contribution in [3.8, 4) is 0 Å². The number of rotatable bonds is 7. The molecule has 0 radical (unpaired) electrons. The molecule has 1 unspecified atom stereocenters. The molecule has 0 saturated heterocycles. The van der Waals surface area contributed by atoms with Crippen molar-refractivity contribution in [2.45, 2.75) is 50.9 Å². The second-order valence-corrected chi connectivity index (χ2v) is 7.69. The van der Waals surface area contributed by atoms with E-state index >= 15 is 0 Å². The van der Waals surface area contributed by atoms with Crippen molar-refractivity contribution in [1.29, 1.82) is 0 Å². The molecule has 3 rings (SSSR count). The monoisotopic (exact) mass is 446 g/mol. The number of alkyl halides is 5. The van der Waals surface area contributed by atoms with Crippen molar-refractivity contribution in [1.82, 2.24) is 9.78 Å². The molecule has 1 aliphatic rings. The Morgan fingerprint density at radius 1 is 1.29 bits per heavy atom. The Morgan fingerprint density at radius 3 is 2.58 bits per heavy atom. The highest BCUT2D eigenvalue weighted by atomic mass is 19.4. The molecule has 170 valence electrons. The second kappa shape index (κ2) is 8.94. The first-order chi connectivity index (χ1) is 14.5. The Morgan fingerprint density at radius 2 is 1.97 bits per heavy atom. The van der Waals surface area contributed by atoms with Crippen molar-refractivity contribution in [2.24, 2.45) is 5.92 Å². The van der Waals surface area contributed by atoms with E-state index in [9.17, 15) is 26.7 Å². The molecule has 1 aliphatic carbocycles. The van der Waals surface area contributed by atoms with Crippen LogP contribution in [0.1, 0.15) is 53.2 Å². The molecule has 31 heavy (non-hydrogen) atoms. The third-order valence-corrected chi connectivity index (χ3v) is 5.23. The number of carbonyl (C=O) groups excluding carboxylic acids is 1. The summed E-state index contributed by atoms with van der Waals surface area (Å²) in [5.41, 5.74) is -2.20. The molecule has 2 aromatic rings. The minimum Gasteiger partial charge on any atom is -0.447 e. The lowest BCUT2D eigenvalue weighted by Gasteiger charge is -2.32. The van der Waals surface area contributed by atoms with Gasteiger partial charge in [-0.05, 0) is 30.9 Å². The SMILES string of the molecule is COCC(C)CCn1nc(C(F)(F)F)c2c1CCC(F)(F)[C@H]2OC(=O)c1ccccc1. The number of nitrogens with zero attached hydrogens (tertiary/aromatic N) is 2. The summed E-state index contributed by atoms with van der Waals surface area (Å²) in [6, 6.07) is 7.30. The molecule has 0 amide bonds. The summed E-state index contributed by atoms with van der Waals surface area (Å²) in [5, 5.41) is 3.62. The van der Waals surface area contributed by atoms with Crippen molar-refractivity contribution in [3.63, 3.8) is 0 Å². The molecule has 2 atom stereocenters. The van der Waals surface area contributed by atoms with Crippen LogP contribution >= 0.6 is 0 Å². The fourth-order valence-corrected chi connectivity index (χ4v) is 3.68. The number of benzene rings is 1. The van der Waals surface area contributed by atoms with Gasteiger partial charge in [-0.2, -0.15) is 18.3 Å². The summed E-state index contributed by atoms with van der Waals surface area (Å²) < 4.78 is 81.7. The van der Waals surface area contributed by atoms with E-state index in [0.717, 1.165) is 4.68 Å². The van der Waals surface area contributed by atoms with Crippen LogP contribution in [-0.4, -0.2) is 35.4 Å². The molecule has 1 aromatic carbocycles. The first-order valence-corrected chi connectivity index (χ1v) is 9.84. The average Bonchev–Trinajstić information content (AvgIpc) is 3.08. The Balaban J connectivity index is 1.99. The van der Waals surface area contributed by atoms with Crippen LogP contribution in [-0.2, 0) is 28.6 Å². The smallest absolute Gasteiger partial charge is 0.435 e. The third-order valence-electron chi connectivity index (χ3n) is 5.23. The highest BCUT2D eigenvalue weighted by molar-refractivity contribution is 5.89. The zero-order chi connectivity index (χ0) is 22.8. The number of ether oxygens (including phenoxy) is 2. The summed E-state index contributed by atoms with van der Waals surface area (Å²) in [5.74, 6) is -4.74. The number of fused-ring (bicyclic) bond motifs is 1. The first kappa shape index (κ1) is 23.2. The first-order valence-electron chi connectivity index (χ1n) is 9.84. The second-order valence-electron chi connectivity index (χ2n) is 7.69. The normalized spacial score (nSPS) is 19.0.